The van der Waals surface area contributed by atoms with Crippen LogP contribution in [0.1, 0.15) is 27.6 Å². The summed E-state index contributed by atoms with van der Waals surface area (Å²) in [6.07, 6.45) is -1.47. The molecule has 26 heavy (non-hydrogen) atoms. The lowest BCUT2D eigenvalue weighted by Gasteiger charge is -2.29. The number of carbonyl (C=O) groups is 2. The zero-order valence-corrected chi connectivity index (χ0v) is 13.6. The molecule has 2 atom stereocenters. The van der Waals surface area contributed by atoms with Crippen molar-refractivity contribution in [1.29, 1.82) is 0 Å². The minimum atomic E-state index is -1.53. The molecule has 2 aromatic rings. The molecule has 7 nitrogen and oxygen atoms in total. The summed E-state index contributed by atoms with van der Waals surface area (Å²) in [5.74, 6) is -0.905. The van der Waals surface area contributed by atoms with Crippen LogP contribution in [0.5, 0.6) is 11.5 Å². The van der Waals surface area contributed by atoms with E-state index in [9.17, 15) is 19.8 Å². The molecule has 2 N–H and O–H groups in total. The summed E-state index contributed by atoms with van der Waals surface area (Å²) in [4.78, 5) is 25.7. The van der Waals surface area contributed by atoms with Crippen LogP contribution in [-0.2, 0) is 4.79 Å². The fourth-order valence-corrected chi connectivity index (χ4v) is 3.26. The molecule has 2 aliphatic heterocycles. The van der Waals surface area contributed by atoms with Gasteiger partial charge in [-0.3, -0.25) is 9.69 Å². The Morgan fingerprint density at radius 2 is 1.81 bits per heavy atom. The van der Waals surface area contributed by atoms with Crippen LogP contribution in [-0.4, -0.2) is 39.8 Å². The topological polar surface area (TPSA) is 96.3 Å². The van der Waals surface area contributed by atoms with Crippen molar-refractivity contribution >= 4 is 17.6 Å². The lowest BCUT2D eigenvalue weighted by molar-refractivity contribution is -0.145. The minimum Gasteiger partial charge on any atom is -0.480 e. The van der Waals surface area contributed by atoms with Crippen LogP contribution < -0.4 is 9.47 Å². The minimum absolute atomic E-state index is 0.0635. The Morgan fingerprint density at radius 1 is 1.12 bits per heavy atom. The molecule has 0 aromatic heterocycles. The van der Waals surface area contributed by atoms with Crippen molar-refractivity contribution in [3.05, 3.63) is 65.7 Å². The number of carboxylic acid groups (broad SMARTS) is 1. The predicted molar refractivity (Wildman–Crippen MR) is 90.6 cm³/mol. The van der Waals surface area contributed by atoms with E-state index in [1.165, 1.54) is 6.07 Å². The molecule has 0 spiro atoms. The summed E-state index contributed by atoms with van der Waals surface area (Å²) in [6, 6.07) is 9.86. The van der Waals surface area contributed by atoms with Gasteiger partial charge in [0.2, 0.25) is 6.79 Å². The molecule has 132 valence electrons. The largest absolute Gasteiger partial charge is 0.480 e. The Balaban J connectivity index is 1.72. The third kappa shape index (κ3) is 2.33. The van der Waals surface area contributed by atoms with Crippen molar-refractivity contribution in [3.8, 4) is 11.5 Å². The van der Waals surface area contributed by atoms with Gasteiger partial charge >= 0.3 is 5.97 Å². The molecule has 0 saturated carbocycles. The van der Waals surface area contributed by atoms with Crippen molar-refractivity contribution in [1.82, 2.24) is 4.90 Å². The van der Waals surface area contributed by atoms with Gasteiger partial charge in [-0.15, -0.1) is 0 Å². The maximum atomic E-state index is 12.7. The SMILES string of the molecule is C=C1c2ccccc2C(=O)N1C(C(=O)O)C(O)c1ccc2c(c1)OCO2. The van der Waals surface area contributed by atoms with Crippen LogP contribution in [0.4, 0.5) is 0 Å². The lowest BCUT2D eigenvalue weighted by Crippen LogP contribution is -2.44. The molecule has 0 bridgehead atoms. The third-order valence-corrected chi connectivity index (χ3v) is 4.55. The van der Waals surface area contributed by atoms with E-state index in [0.29, 0.717) is 28.2 Å². The Bertz CT molecular complexity index is 902. The Morgan fingerprint density at radius 3 is 2.50 bits per heavy atom. The van der Waals surface area contributed by atoms with Gasteiger partial charge in [0.15, 0.2) is 17.5 Å². The van der Waals surface area contributed by atoms with Crippen molar-refractivity contribution < 1.29 is 29.3 Å². The summed E-state index contributed by atoms with van der Waals surface area (Å²) < 4.78 is 10.5. The van der Waals surface area contributed by atoms with E-state index >= 15 is 0 Å². The van der Waals surface area contributed by atoms with Gasteiger partial charge in [-0.1, -0.05) is 30.8 Å². The van der Waals surface area contributed by atoms with Gasteiger partial charge in [-0.05, 0) is 23.8 Å². The molecule has 2 aliphatic rings. The highest BCUT2D eigenvalue weighted by atomic mass is 16.7. The van der Waals surface area contributed by atoms with E-state index in [2.05, 4.69) is 6.58 Å². The molecule has 4 rings (SSSR count). The molecule has 0 aliphatic carbocycles. The van der Waals surface area contributed by atoms with E-state index in [0.717, 1.165) is 4.90 Å². The third-order valence-electron chi connectivity index (χ3n) is 4.55. The van der Waals surface area contributed by atoms with Crippen LogP contribution in [0.3, 0.4) is 0 Å². The van der Waals surface area contributed by atoms with Gasteiger partial charge in [0.05, 0.1) is 0 Å². The quantitative estimate of drug-likeness (QED) is 0.873. The highest BCUT2D eigenvalue weighted by Gasteiger charge is 2.43. The first-order chi connectivity index (χ1) is 12.5. The lowest BCUT2D eigenvalue weighted by atomic mass is 10.00. The predicted octanol–water partition coefficient (Wildman–Crippen LogP) is 2.03. The highest BCUT2D eigenvalue weighted by molar-refractivity contribution is 6.10. The van der Waals surface area contributed by atoms with Gasteiger partial charge in [0.25, 0.3) is 5.91 Å². The van der Waals surface area contributed by atoms with E-state index in [1.54, 1.807) is 36.4 Å². The summed E-state index contributed by atoms with van der Waals surface area (Å²) in [6.45, 7) is 3.91. The number of nitrogens with zero attached hydrogens (tertiary/aromatic N) is 1. The number of benzene rings is 2. The molecule has 0 radical (unpaired) electrons. The van der Waals surface area contributed by atoms with Crippen LogP contribution in [0.25, 0.3) is 5.70 Å². The average Bonchev–Trinajstić information content (AvgIpc) is 3.20. The number of aliphatic hydroxyl groups excluding tert-OH is 1. The molecule has 2 aromatic carbocycles. The molecule has 1 amide bonds. The van der Waals surface area contributed by atoms with Crippen molar-refractivity contribution in [2.75, 3.05) is 6.79 Å². The van der Waals surface area contributed by atoms with E-state index in [-0.39, 0.29) is 12.5 Å². The monoisotopic (exact) mass is 353 g/mol. The number of amides is 1. The maximum absolute atomic E-state index is 12.7. The van der Waals surface area contributed by atoms with Gasteiger partial charge in [-0.25, -0.2) is 4.79 Å². The van der Waals surface area contributed by atoms with E-state index in [4.69, 9.17) is 9.47 Å². The first-order valence-electron chi connectivity index (χ1n) is 7.91. The molecular weight excluding hydrogens is 338 g/mol. The van der Waals surface area contributed by atoms with Crippen molar-refractivity contribution in [2.24, 2.45) is 0 Å². The molecule has 0 saturated heterocycles. The summed E-state index contributed by atoms with van der Waals surface area (Å²) in [7, 11) is 0. The number of rotatable bonds is 4. The molecule has 2 unspecified atom stereocenters. The van der Waals surface area contributed by atoms with Crippen molar-refractivity contribution in [2.45, 2.75) is 12.1 Å². The zero-order valence-electron chi connectivity index (χ0n) is 13.6. The number of fused-ring (bicyclic) bond motifs is 2. The Kier molecular flexibility index (Phi) is 3.66. The summed E-state index contributed by atoms with van der Waals surface area (Å²) >= 11 is 0. The van der Waals surface area contributed by atoms with Crippen LogP contribution in [0, 0.1) is 0 Å². The molecule has 2 heterocycles. The zero-order chi connectivity index (χ0) is 18.4. The van der Waals surface area contributed by atoms with Crippen LogP contribution in [0.2, 0.25) is 0 Å². The molecule has 7 heteroatoms. The second-order valence-corrected chi connectivity index (χ2v) is 6.01. The molecule has 0 fully saturated rings. The van der Waals surface area contributed by atoms with Crippen LogP contribution in [0.15, 0.2) is 49.0 Å². The van der Waals surface area contributed by atoms with Gasteiger partial charge in [0.1, 0.15) is 6.10 Å². The Labute approximate surface area is 148 Å². The number of hydrogen-bond donors (Lipinski definition) is 2. The summed E-state index contributed by atoms with van der Waals surface area (Å²) in [5.41, 5.74) is 1.47. The second kappa shape index (κ2) is 5.89. The fraction of sp³-hybridized carbons (Fsp3) is 0.158. The Hall–Kier alpha value is -3.32. The van der Waals surface area contributed by atoms with E-state index in [1.807, 2.05) is 0 Å². The van der Waals surface area contributed by atoms with Crippen LogP contribution >= 0.6 is 0 Å². The summed E-state index contributed by atoms with van der Waals surface area (Å²) in [5, 5.41) is 20.5. The first-order valence-corrected chi connectivity index (χ1v) is 7.91. The highest BCUT2D eigenvalue weighted by Crippen LogP contribution is 2.39. The number of carbonyl (C=O) groups excluding carboxylic acids is 1. The average molecular weight is 353 g/mol. The number of aliphatic carboxylic acids is 1. The fourth-order valence-electron chi connectivity index (χ4n) is 3.26. The second-order valence-electron chi connectivity index (χ2n) is 6.01. The van der Waals surface area contributed by atoms with Crippen molar-refractivity contribution in [3.63, 3.8) is 0 Å². The normalized spacial score (nSPS) is 17.2. The number of ether oxygens (including phenoxy) is 2. The standard InChI is InChI=1S/C19H15NO6/c1-10-12-4-2-3-5-13(12)18(22)20(10)16(19(23)24)17(21)11-6-7-14-15(8-11)26-9-25-14/h2-8,16-17,21H,1,9H2,(H,23,24). The smallest absolute Gasteiger partial charge is 0.329 e. The number of carboxylic acids is 1. The number of hydrogen-bond acceptors (Lipinski definition) is 5. The molecular formula is C19H15NO6. The maximum Gasteiger partial charge on any atom is 0.329 e. The first kappa shape index (κ1) is 16.2. The van der Waals surface area contributed by atoms with Gasteiger partial charge in [-0.2, -0.15) is 0 Å². The van der Waals surface area contributed by atoms with Gasteiger partial charge in [0, 0.05) is 16.8 Å². The number of aliphatic hydroxyl groups is 1. The van der Waals surface area contributed by atoms with E-state index < -0.39 is 24.0 Å². The van der Waals surface area contributed by atoms with Gasteiger partial charge < -0.3 is 19.7 Å².